The lowest BCUT2D eigenvalue weighted by molar-refractivity contribution is 0.0947. The predicted octanol–water partition coefficient (Wildman–Crippen LogP) is 4.65. The highest BCUT2D eigenvalue weighted by atomic mass is 32.1. The fraction of sp³-hybridized carbons (Fsp3) is 0.478. The molecule has 4 rings (SSSR count). The summed E-state index contributed by atoms with van der Waals surface area (Å²) in [6.07, 6.45) is 11.9. The molecular formula is C23H29N5O2S. The molecule has 1 saturated carbocycles. The Labute approximate surface area is 186 Å². The highest BCUT2D eigenvalue weighted by Crippen LogP contribution is 2.37. The third kappa shape index (κ3) is 4.85. The Bertz CT molecular complexity index is 1010. The Balaban J connectivity index is 1.67. The summed E-state index contributed by atoms with van der Waals surface area (Å²) in [6.45, 7) is 3.29. The molecule has 7 nitrogen and oxygen atoms in total. The summed E-state index contributed by atoms with van der Waals surface area (Å²) in [5.74, 6) is -0.0335. The highest BCUT2D eigenvalue weighted by molar-refractivity contribution is 7.13. The molecule has 164 valence electrons. The van der Waals surface area contributed by atoms with E-state index in [2.05, 4.69) is 32.2 Å². The van der Waals surface area contributed by atoms with Crippen LogP contribution in [0.4, 0.5) is 0 Å². The van der Waals surface area contributed by atoms with Crippen LogP contribution >= 0.6 is 11.3 Å². The smallest absolute Gasteiger partial charge is 0.253 e. The molecule has 0 radical (unpaired) electrons. The molecule has 0 unspecified atom stereocenters. The van der Waals surface area contributed by atoms with Crippen LogP contribution in [0.1, 0.15) is 60.6 Å². The molecule has 1 amide bonds. The number of nitrogens with one attached hydrogen (secondary N) is 1. The molecular weight excluding hydrogens is 410 g/mol. The van der Waals surface area contributed by atoms with E-state index >= 15 is 0 Å². The van der Waals surface area contributed by atoms with Gasteiger partial charge in [-0.3, -0.25) is 14.8 Å². The van der Waals surface area contributed by atoms with Crippen molar-refractivity contribution in [3.05, 3.63) is 41.3 Å². The first-order valence-electron chi connectivity index (χ1n) is 10.9. The minimum absolute atomic E-state index is 0.0335. The van der Waals surface area contributed by atoms with Crippen molar-refractivity contribution < 1.29 is 9.53 Å². The van der Waals surface area contributed by atoms with Gasteiger partial charge in [0.25, 0.3) is 5.91 Å². The normalized spacial score (nSPS) is 14.6. The first-order chi connectivity index (χ1) is 15.2. The molecule has 31 heavy (non-hydrogen) atoms. The van der Waals surface area contributed by atoms with Crippen molar-refractivity contribution in [1.82, 2.24) is 24.8 Å². The summed E-state index contributed by atoms with van der Waals surface area (Å²) < 4.78 is 7.43. The highest BCUT2D eigenvalue weighted by Gasteiger charge is 2.26. The number of hydrogen-bond donors (Lipinski definition) is 1. The van der Waals surface area contributed by atoms with Crippen LogP contribution in [0.3, 0.4) is 0 Å². The lowest BCUT2D eigenvalue weighted by Gasteiger charge is -2.26. The fourth-order valence-electron chi connectivity index (χ4n) is 4.29. The molecule has 0 aromatic carbocycles. The Morgan fingerprint density at radius 2 is 2.10 bits per heavy atom. The van der Waals surface area contributed by atoms with Crippen LogP contribution in [0.2, 0.25) is 0 Å². The fourth-order valence-corrected chi connectivity index (χ4v) is 5.06. The van der Waals surface area contributed by atoms with E-state index in [4.69, 9.17) is 9.72 Å². The second kappa shape index (κ2) is 10.2. The van der Waals surface area contributed by atoms with Crippen molar-refractivity contribution >= 4 is 17.2 Å². The van der Waals surface area contributed by atoms with Crippen LogP contribution in [0.25, 0.3) is 22.1 Å². The van der Waals surface area contributed by atoms with Crippen LogP contribution in [0.15, 0.2) is 30.0 Å². The van der Waals surface area contributed by atoms with Crippen molar-refractivity contribution in [2.45, 2.75) is 51.5 Å². The molecule has 0 saturated heterocycles. The Hall–Kier alpha value is -2.58. The lowest BCUT2D eigenvalue weighted by Crippen LogP contribution is -2.26. The number of carbonyl (C=O) groups excluding carboxylic acids is 1. The van der Waals surface area contributed by atoms with Gasteiger partial charge in [0.2, 0.25) is 0 Å². The molecule has 3 aromatic rings. The molecule has 1 fully saturated rings. The van der Waals surface area contributed by atoms with Crippen molar-refractivity contribution in [1.29, 1.82) is 0 Å². The van der Waals surface area contributed by atoms with Crippen molar-refractivity contribution in [2.24, 2.45) is 0 Å². The average molecular weight is 440 g/mol. The molecule has 0 spiro atoms. The number of thiazole rings is 1. The van der Waals surface area contributed by atoms with E-state index in [1.54, 1.807) is 37.0 Å². The van der Waals surface area contributed by atoms with Crippen LogP contribution in [-0.4, -0.2) is 45.7 Å². The van der Waals surface area contributed by atoms with Gasteiger partial charge < -0.3 is 14.6 Å². The van der Waals surface area contributed by atoms with E-state index < -0.39 is 0 Å². The number of aromatic nitrogens is 4. The monoisotopic (exact) mass is 439 g/mol. The summed E-state index contributed by atoms with van der Waals surface area (Å²) >= 11 is 1.55. The number of carbonyl (C=O) groups is 1. The van der Waals surface area contributed by atoms with Gasteiger partial charge >= 0.3 is 0 Å². The maximum atomic E-state index is 12.9. The summed E-state index contributed by atoms with van der Waals surface area (Å²) in [6, 6.07) is 2.41. The molecule has 1 aliphatic carbocycles. The summed E-state index contributed by atoms with van der Waals surface area (Å²) in [5, 5.41) is 5.92. The summed E-state index contributed by atoms with van der Waals surface area (Å²) in [5.41, 5.74) is 4.41. The zero-order chi connectivity index (χ0) is 21.6. The Morgan fingerprint density at radius 3 is 2.84 bits per heavy atom. The minimum atomic E-state index is -0.0335. The third-order valence-electron chi connectivity index (χ3n) is 5.84. The van der Waals surface area contributed by atoms with Gasteiger partial charge in [0.1, 0.15) is 10.7 Å². The van der Waals surface area contributed by atoms with Gasteiger partial charge in [-0.25, -0.2) is 4.98 Å². The van der Waals surface area contributed by atoms with Gasteiger partial charge in [0.05, 0.1) is 23.1 Å². The molecule has 0 bridgehead atoms. The largest absolute Gasteiger partial charge is 0.385 e. The molecule has 8 heteroatoms. The summed E-state index contributed by atoms with van der Waals surface area (Å²) in [7, 11) is 1.67. The van der Waals surface area contributed by atoms with Crippen molar-refractivity contribution in [2.75, 3.05) is 20.3 Å². The third-order valence-corrected chi connectivity index (χ3v) is 6.70. The van der Waals surface area contributed by atoms with E-state index in [9.17, 15) is 4.79 Å². The maximum Gasteiger partial charge on any atom is 0.253 e. The van der Waals surface area contributed by atoms with Gasteiger partial charge in [-0.05, 0) is 32.3 Å². The quantitative estimate of drug-likeness (QED) is 0.517. The van der Waals surface area contributed by atoms with E-state index in [1.165, 1.54) is 19.3 Å². The zero-order valence-electron chi connectivity index (χ0n) is 18.1. The van der Waals surface area contributed by atoms with Crippen LogP contribution in [-0.2, 0) is 4.74 Å². The second-order valence-electron chi connectivity index (χ2n) is 7.92. The number of methoxy groups -OCH3 is 1. The van der Waals surface area contributed by atoms with Crippen LogP contribution in [0.5, 0.6) is 0 Å². The Kier molecular flexibility index (Phi) is 7.09. The maximum absolute atomic E-state index is 12.9. The molecule has 1 N–H and O–H groups in total. The van der Waals surface area contributed by atoms with Crippen LogP contribution < -0.4 is 5.32 Å². The van der Waals surface area contributed by atoms with E-state index in [1.807, 2.05) is 6.07 Å². The topological polar surface area (TPSA) is 81.9 Å². The molecule has 1 aliphatic rings. The van der Waals surface area contributed by atoms with Crippen molar-refractivity contribution in [3.8, 4) is 22.1 Å². The van der Waals surface area contributed by atoms with Crippen LogP contribution in [0, 0.1) is 6.92 Å². The Morgan fingerprint density at radius 1 is 1.26 bits per heavy atom. The first-order valence-corrected chi connectivity index (χ1v) is 11.8. The number of ether oxygens (including phenoxy) is 1. The number of nitrogens with zero attached hydrogens (tertiary/aromatic N) is 4. The number of rotatable bonds is 8. The van der Waals surface area contributed by atoms with E-state index in [-0.39, 0.29) is 5.91 Å². The predicted molar refractivity (Wildman–Crippen MR) is 122 cm³/mol. The van der Waals surface area contributed by atoms with Gasteiger partial charge in [-0.1, -0.05) is 19.3 Å². The molecule has 0 aliphatic heterocycles. The van der Waals surface area contributed by atoms with Gasteiger partial charge in [0, 0.05) is 49.8 Å². The van der Waals surface area contributed by atoms with Gasteiger partial charge in [-0.15, -0.1) is 11.3 Å². The zero-order valence-corrected chi connectivity index (χ0v) is 19.0. The molecule has 3 aromatic heterocycles. The summed E-state index contributed by atoms with van der Waals surface area (Å²) in [4.78, 5) is 26.3. The second-order valence-corrected chi connectivity index (χ2v) is 8.78. The first kappa shape index (κ1) is 21.6. The lowest BCUT2D eigenvalue weighted by atomic mass is 9.95. The minimum Gasteiger partial charge on any atom is -0.385 e. The average Bonchev–Trinajstić information content (AvgIpc) is 3.43. The van der Waals surface area contributed by atoms with E-state index in [0.717, 1.165) is 52.6 Å². The van der Waals surface area contributed by atoms with Gasteiger partial charge in [0.15, 0.2) is 0 Å². The van der Waals surface area contributed by atoms with Crippen molar-refractivity contribution in [3.63, 3.8) is 0 Å². The SMILES string of the molecule is COCCCNC(=O)c1cc(-c2csc(-c3cnccn3)n2)n(C2CCCCC2)c1C. The molecule has 0 atom stereocenters. The van der Waals surface area contributed by atoms with E-state index in [0.29, 0.717) is 19.2 Å². The molecule has 3 heterocycles. The number of hydrogen-bond acceptors (Lipinski definition) is 6. The van der Waals surface area contributed by atoms with Gasteiger partial charge in [-0.2, -0.15) is 0 Å². The number of amides is 1. The standard InChI is InChI=1S/C23H29N5O2S/c1-16-18(22(29)26-9-6-12-30-2)13-21(28(16)17-7-4-3-5-8-17)20-15-31-23(27-20)19-14-24-10-11-25-19/h10-11,13-15,17H,3-9,12H2,1-2H3,(H,26,29).